The SMILES string of the molecule is Cc1cc(C)cc(NS(=O)(=O)Cc2ccc(CN)cc2)c1. The van der Waals surface area contributed by atoms with Crippen LogP contribution in [0.15, 0.2) is 42.5 Å². The van der Waals surface area contributed by atoms with Gasteiger partial charge in [-0.3, -0.25) is 4.72 Å². The van der Waals surface area contributed by atoms with Crippen LogP contribution in [0, 0.1) is 13.8 Å². The molecule has 3 N–H and O–H groups in total. The Balaban J connectivity index is 2.14. The highest BCUT2D eigenvalue weighted by Gasteiger charge is 2.12. The molecule has 112 valence electrons. The Bertz CT molecular complexity index is 702. The minimum atomic E-state index is -3.42. The monoisotopic (exact) mass is 304 g/mol. The van der Waals surface area contributed by atoms with E-state index in [1.165, 1.54) is 0 Å². The fourth-order valence-corrected chi connectivity index (χ4v) is 3.42. The minimum absolute atomic E-state index is 0.0508. The zero-order valence-corrected chi connectivity index (χ0v) is 13.1. The van der Waals surface area contributed by atoms with Gasteiger partial charge in [0.2, 0.25) is 10.0 Å². The Labute approximate surface area is 126 Å². The van der Waals surface area contributed by atoms with Crippen LogP contribution in [0.3, 0.4) is 0 Å². The first-order valence-electron chi connectivity index (χ1n) is 6.74. The molecule has 0 atom stereocenters. The summed E-state index contributed by atoms with van der Waals surface area (Å²) in [7, 11) is -3.42. The number of aryl methyl sites for hydroxylation is 2. The Morgan fingerprint density at radius 1 is 0.952 bits per heavy atom. The van der Waals surface area contributed by atoms with E-state index >= 15 is 0 Å². The van der Waals surface area contributed by atoms with Crippen molar-refractivity contribution in [2.24, 2.45) is 5.73 Å². The number of anilines is 1. The van der Waals surface area contributed by atoms with E-state index in [0.717, 1.165) is 22.3 Å². The zero-order valence-electron chi connectivity index (χ0n) is 12.3. The first kappa shape index (κ1) is 15.5. The van der Waals surface area contributed by atoms with Gasteiger partial charge in [-0.25, -0.2) is 8.42 Å². The summed E-state index contributed by atoms with van der Waals surface area (Å²) in [6, 6.07) is 12.9. The van der Waals surface area contributed by atoms with Gasteiger partial charge in [0.05, 0.1) is 5.75 Å². The van der Waals surface area contributed by atoms with Crippen molar-refractivity contribution in [3.8, 4) is 0 Å². The molecule has 21 heavy (non-hydrogen) atoms. The topological polar surface area (TPSA) is 72.2 Å². The van der Waals surface area contributed by atoms with E-state index in [-0.39, 0.29) is 5.75 Å². The summed E-state index contributed by atoms with van der Waals surface area (Å²) in [5.41, 5.74) is 9.91. The van der Waals surface area contributed by atoms with Crippen LogP contribution in [0.4, 0.5) is 5.69 Å². The summed E-state index contributed by atoms with van der Waals surface area (Å²) in [4.78, 5) is 0. The molecule has 2 rings (SSSR count). The summed E-state index contributed by atoms with van der Waals surface area (Å²) in [5, 5.41) is 0. The fraction of sp³-hybridized carbons (Fsp3) is 0.250. The fourth-order valence-electron chi connectivity index (χ4n) is 2.24. The molecule has 0 saturated carbocycles. The van der Waals surface area contributed by atoms with Crippen molar-refractivity contribution < 1.29 is 8.42 Å². The van der Waals surface area contributed by atoms with E-state index < -0.39 is 10.0 Å². The van der Waals surface area contributed by atoms with Crippen molar-refractivity contribution in [3.05, 3.63) is 64.7 Å². The standard InChI is InChI=1S/C16H20N2O2S/c1-12-7-13(2)9-16(8-12)18-21(19,20)11-15-5-3-14(10-17)4-6-15/h3-9,18H,10-11,17H2,1-2H3. The van der Waals surface area contributed by atoms with Crippen LogP contribution in [0.1, 0.15) is 22.3 Å². The average Bonchev–Trinajstić information content (AvgIpc) is 2.37. The van der Waals surface area contributed by atoms with Crippen LogP contribution >= 0.6 is 0 Å². The normalized spacial score (nSPS) is 11.4. The molecule has 0 bridgehead atoms. The first-order valence-corrected chi connectivity index (χ1v) is 8.40. The number of benzene rings is 2. The second kappa shape index (κ2) is 6.28. The van der Waals surface area contributed by atoms with Crippen LogP contribution in [-0.2, 0) is 22.3 Å². The molecular formula is C16H20N2O2S. The minimum Gasteiger partial charge on any atom is -0.326 e. The lowest BCUT2D eigenvalue weighted by atomic mass is 10.1. The Morgan fingerprint density at radius 3 is 2.00 bits per heavy atom. The Morgan fingerprint density at radius 2 is 1.48 bits per heavy atom. The highest BCUT2D eigenvalue weighted by molar-refractivity contribution is 7.91. The van der Waals surface area contributed by atoms with E-state index in [0.29, 0.717) is 12.2 Å². The smallest absolute Gasteiger partial charge is 0.236 e. The van der Waals surface area contributed by atoms with Gasteiger partial charge in [-0.2, -0.15) is 0 Å². The summed E-state index contributed by atoms with van der Waals surface area (Å²) < 4.78 is 27.0. The van der Waals surface area contributed by atoms with Crippen molar-refractivity contribution in [1.29, 1.82) is 0 Å². The third kappa shape index (κ3) is 4.58. The zero-order chi connectivity index (χ0) is 15.5. The molecule has 5 heteroatoms. The average molecular weight is 304 g/mol. The second-order valence-corrected chi connectivity index (χ2v) is 6.98. The van der Waals surface area contributed by atoms with E-state index in [9.17, 15) is 8.42 Å². The molecule has 0 aromatic heterocycles. The van der Waals surface area contributed by atoms with Gasteiger partial charge in [0.15, 0.2) is 0 Å². The molecule has 0 amide bonds. The summed E-state index contributed by atoms with van der Waals surface area (Å²) in [6.45, 7) is 4.33. The molecule has 0 radical (unpaired) electrons. The number of sulfonamides is 1. The number of hydrogen-bond donors (Lipinski definition) is 2. The van der Waals surface area contributed by atoms with Crippen LogP contribution in [0.25, 0.3) is 0 Å². The Hall–Kier alpha value is -1.85. The molecular weight excluding hydrogens is 284 g/mol. The number of rotatable bonds is 5. The van der Waals surface area contributed by atoms with E-state index in [2.05, 4.69) is 4.72 Å². The maximum atomic E-state index is 12.2. The number of nitrogens with two attached hydrogens (primary N) is 1. The molecule has 0 heterocycles. The largest absolute Gasteiger partial charge is 0.326 e. The second-order valence-electron chi connectivity index (χ2n) is 5.26. The quantitative estimate of drug-likeness (QED) is 0.892. The van der Waals surface area contributed by atoms with Gasteiger partial charge in [-0.1, -0.05) is 30.3 Å². The molecule has 0 spiro atoms. The lowest BCUT2D eigenvalue weighted by Crippen LogP contribution is -2.15. The Kier molecular flexibility index (Phi) is 4.65. The van der Waals surface area contributed by atoms with Gasteiger partial charge in [0, 0.05) is 12.2 Å². The summed E-state index contributed by atoms with van der Waals surface area (Å²) >= 11 is 0. The molecule has 0 aliphatic carbocycles. The van der Waals surface area contributed by atoms with E-state index in [1.54, 1.807) is 12.1 Å². The van der Waals surface area contributed by atoms with Crippen molar-refractivity contribution in [1.82, 2.24) is 0 Å². The van der Waals surface area contributed by atoms with Crippen molar-refractivity contribution in [3.63, 3.8) is 0 Å². The highest BCUT2D eigenvalue weighted by Crippen LogP contribution is 2.17. The van der Waals surface area contributed by atoms with Crippen molar-refractivity contribution in [2.75, 3.05) is 4.72 Å². The van der Waals surface area contributed by atoms with Gasteiger partial charge in [-0.15, -0.1) is 0 Å². The molecule has 2 aromatic rings. The summed E-state index contributed by atoms with van der Waals surface area (Å²) in [5.74, 6) is -0.0508. The maximum Gasteiger partial charge on any atom is 0.236 e. The highest BCUT2D eigenvalue weighted by atomic mass is 32.2. The molecule has 0 saturated heterocycles. The van der Waals surface area contributed by atoms with Gasteiger partial charge in [0.25, 0.3) is 0 Å². The van der Waals surface area contributed by atoms with Crippen LogP contribution in [0.2, 0.25) is 0 Å². The molecule has 0 aliphatic heterocycles. The first-order chi connectivity index (χ1) is 9.88. The number of nitrogens with one attached hydrogen (secondary N) is 1. The van der Waals surface area contributed by atoms with Gasteiger partial charge in [0.1, 0.15) is 0 Å². The van der Waals surface area contributed by atoms with E-state index in [4.69, 9.17) is 5.73 Å². The molecule has 0 fully saturated rings. The predicted molar refractivity (Wildman–Crippen MR) is 86.5 cm³/mol. The van der Waals surface area contributed by atoms with Crippen molar-refractivity contribution in [2.45, 2.75) is 26.1 Å². The molecule has 0 unspecified atom stereocenters. The predicted octanol–water partition coefficient (Wildman–Crippen LogP) is 2.70. The molecule has 2 aromatic carbocycles. The maximum absolute atomic E-state index is 12.2. The number of hydrogen-bond acceptors (Lipinski definition) is 3. The third-order valence-electron chi connectivity index (χ3n) is 3.11. The lowest BCUT2D eigenvalue weighted by molar-refractivity contribution is 0.600. The van der Waals surface area contributed by atoms with Crippen LogP contribution < -0.4 is 10.5 Å². The van der Waals surface area contributed by atoms with Gasteiger partial charge >= 0.3 is 0 Å². The van der Waals surface area contributed by atoms with Gasteiger partial charge in [-0.05, 0) is 48.2 Å². The lowest BCUT2D eigenvalue weighted by Gasteiger charge is -2.10. The van der Waals surface area contributed by atoms with Crippen LogP contribution in [-0.4, -0.2) is 8.42 Å². The van der Waals surface area contributed by atoms with Gasteiger partial charge < -0.3 is 5.73 Å². The molecule has 0 aliphatic rings. The van der Waals surface area contributed by atoms with Crippen molar-refractivity contribution >= 4 is 15.7 Å². The van der Waals surface area contributed by atoms with Crippen LogP contribution in [0.5, 0.6) is 0 Å². The van der Waals surface area contributed by atoms with E-state index in [1.807, 2.05) is 44.2 Å². The molecule has 4 nitrogen and oxygen atoms in total. The summed E-state index contributed by atoms with van der Waals surface area (Å²) in [6.07, 6.45) is 0. The third-order valence-corrected chi connectivity index (χ3v) is 4.37.